The maximum Gasteiger partial charge on any atom is 0.253 e. The lowest BCUT2D eigenvalue weighted by molar-refractivity contribution is 0.0737. The molecule has 1 aromatic heterocycles. The highest BCUT2D eigenvalue weighted by Crippen LogP contribution is 2.17. The van der Waals surface area contributed by atoms with Crippen LogP contribution in [0.5, 0.6) is 5.75 Å². The summed E-state index contributed by atoms with van der Waals surface area (Å²) in [7, 11) is 1.61. The van der Waals surface area contributed by atoms with Gasteiger partial charge in [-0.05, 0) is 30.7 Å². The van der Waals surface area contributed by atoms with Gasteiger partial charge in [0.2, 0.25) is 0 Å². The van der Waals surface area contributed by atoms with Crippen molar-refractivity contribution in [3.05, 3.63) is 54.1 Å². The van der Waals surface area contributed by atoms with E-state index >= 15 is 0 Å². The standard InChI is InChI=1S/C18H21N3O3/c1-23-17-4-2-15(3-5-17)18(22)21-8-9-24-13-14(12-21)10-16-11-19-6-7-20-16/h2-7,11,14H,8-10,12-13H2,1H3/t14-/m0/s1. The van der Waals surface area contributed by atoms with Crippen molar-refractivity contribution < 1.29 is 14.3 Å². The number of aromatic nitrogens is 2. The molecule has 0 unspecified atom stereocenters. The first-order valence-electron chi connectivity index (χ1n) is 8.02. The molecule has 1 atom stereocenters. The van der Waals surface area contributed by atoms with Crippen LogP contribution in [0.2, 0.25) is 0 Å². The van der Waals surface area contributed by atoms with E-state index in [0.717, 1.165) is 17.9 Å². The average molecular weight is 327 g/mol. The second-order valence-electron chi connectivity index (χ2n) is 5.82. The molecule has 1 aromatic carbocycles. The second-order valence-corrected chi connectivity index (χ2v) is 5.82. The fraction of sp³-hybridized carbons (Fsp3) is 0.389. The van der Waals surface area contributed by atoms with Crippen LogP contribution in [0.3, 0.4) is 0 Å². The van der Waals surface area contributed by atoms with E-state index in [1.54, 1.807) is 50.0 Å². The minimum absolute atomic E-state index is 0.0206. The third-order valence-electron chi connectivity index (χ3n) is 4.08. The average Bonchev–Trinajstić information content (AvgIpc) is 2.87. The molecular weight excluding hydrogens is 306 g/mol. The lowest BCUT2D eigenvalue weighted by Gasteiger charge is -2.23. The van der Waals surface area contributed by atoms with Crippen LogP contribution in [-0.2, 0) is 11.2 Å². The molecule has 0 radical (unpaired) electrons. The van der Waals surface area contributed by atoms with E-state index < -0.39 is 0 Å². The van der Waals surface area contributed by atoms with Gasteiger partial charge in [-0.25, -0.2) is 0 Å². The van der Waals surface area contributed by atoms with Gasteiger partial charge in [-0.1, -0.05) is 0 Å². The topological polar surface area (TPSA) is 64.5 Å². The molecule has 6 nitrogen and oxygen atoms in total. The molecule has 1 aliphatic heterocycles. The van der Waals surface area contributed by atoms with Gasteiger partial charge in [0, 0.05) is 43.2 Å². The molecule has 1 fully saturated rings. The predicted octanol–water partition coefficient (Wildman–Crippen LogP) is 1.82. The first kappa shape index (κ1) is 16.4. The number of ether oxygens (including phenoxy) is 2. The highest BCUT2D eigenvalue weighted by Gasteiger charge is 2.24. The zero-order chi connectivity index (χ0) is 16.8. The van der Waals surface area contributed by atoms with Crippen molar-refractivity contribution in [1.82, 2.24) is 14.9 Å². The highest BCUT2D eigenvalue weighted by atomic mass is 16.5. The van der Waals surface area contributed by atoms with Crippen molar-refractivity contribution in [2.24, 2.45) is 5.92 Å². The fourth-order valence-electron chi connectivity index (χ4n) is 2.84. The Morgan fingerprint density at radius 3 is 2.88 bits per heavy atom. The van der Waals surface area contributed by atoms with E-state index in [2.05, 4.69) is 9.97 Å². The van der Waals surface area contributed by atoms with E-state index in [-0.39, 0.29) is 11.8 Å². The number of hydrogen-bond acceptors (Lipinski definition) is 5. The Balaban J connectivity index is 1.68. The summed E-state index contributed by atoms with van der Waals surface area (Å²) in [5.41, 5.74) is 1.58. The van der Waals surface area contributed by atoms with Crippen molar-refractivity contribution in [2.75, 3.05) is 33.4 Å². The zero-order valence-electron chi connectivity index (χ0n) is 13.7. The van der Waals surface area contributed by atoms with Crippen molar-refractivity contribution in [1.29, 1.82) is 0 Å². The number of methoxy groups -OCH3 is 1. The van der Waals surface area contributed by atoms with Gasteiger partial charge in [-0.2, -0.15) is 0 Å². The van der Waals surface area contributed by atoms with Crippen LogP contribution in [-0.4, -0.2) is 54.2 Å². The minimum atomic E-state index is 0.0206. The third kappa shape index (κ3) is 4.08. The molecule has 0 spiro atoms. The fourth-order valence-corrected chi connectivity index (χ4v) is 2.84. The summed E-state index contributed by atoms with van der Waals surface area (Å²) in [6.45, 7) is 2.44. The maximum absolute atomic E-state index is 12.8. The molecule has 1 amide bonds. The Morgan fingerprint density at radius 1 is 1.33 bits per heavy atom. The number of carbonyl (C=O) groups is 1. The molecule has 0 saturated carbocycles. The van der Waals surface area contributed by atoms with Gasteiger partial charge in [0.05, 0.1) is 26.0 Å². The SMILES string of the molecule is COc1ccc(C(=O)N2CCOC[C@@H](Cc3cnccn3)C2)cc1. The molecule has 126 valence electrons. The van der Waals surface area contributed by atoms with Crippen molar-refractivity contribution in [3.8, 4) is 5.75 Å². The lowest BCUT2D eigenvalue weighted by atomic mass is 10.0. The predicted molar refractivity (Wildman–Crippen MR) is 88.9 cm³/mol. The zero-order valence-corrected chi connectivity index (χ0v) is 13.7. The van der Waals surface area contributed by atoms with Crippen LogP contribution < -0.4 is 4.74 Å². The third-order valence-corrected chi connectivity index (χ3v) is 4.08. The minimum Gasteiger partial charge on any atom is -0.497 e. The maximum atomic E-state index is 12.8. The molecule has 24 heavy (non-hydrogen) atoms. The van der Waals surface area contributed by atoms with Crippen LogP contribution in [0.1, 0.15) is 16.1 Å². The molecule has 2 heterocycles. The second kappa shape index (κ2) is 7.88. The molecule has 1 saturated heterocycles. The summed E-state index contributed by atoms with van der Waals surface area (Å²) in [5, 5.41) is 0. The monoisotopic (exact) mass is 327 g/mol. The van der Waals surface area contributed by atoms with Gasteiger partial charge in [0.25, 0.3) is 5.91 Å². The quantitative estimate of drug-likeness (QED) is 0.857. The summed E-state index contributed by atoms with van der Waals surface area (Å²) in [5.74, 6) is 0.977. The summed E-state index contributed by atoms with van der Waals surface area (Å²) in [4.78, 5) is 23.0. The summed E-state index contributed by atoms with van der Waals surface area (Å²) in [6.07, 6.45) is 5.86. The van der Waals surface area contributed by atoms with Crippen LogP contribution in [0, 0.1) is 5.92 Å². The van der Waals surface area contributed by atoms with Crippen LogP contribution in [0.15, 0.2) is 42.9 Å². The number of hydrogen-bond donors (Lipinski definition) is 0. The van der Waals surface area contributed by atoms with E-state index in [4.69, 9.17) is 9.47 Å². The molecular formula is C18H21N3O3. The number of rotatable bonds is 4. The number of nitrogens with zero attached hydrogens (tertiary/aromatic N) is 3. The number of carbonyl (C=O) groups excluding carboxylic acids is 1. The summed E-state index contributed by atoms with van der Waals surface area (Å²) in [6, 6.07) is 7.20. The molecule has 0 bridgehead atoms. The Morgan fingerprint density at radius 2 is 2.17 bits per heavy atom. The summed E-state index contributed by atoms with van der Waals surface area (Å²) < 4.78 is 10.8. The van der Waals surface area contributed by atoms with Gasteiger partial charge in [0.15, 0.2) is 0 Å². The number of amides is 1. The molecule has 0 N–H and O–H groups in total. The smallest absolute Gasteiger partial charge is 0.253 e. The van der Waals surface area contributed by atoms with E-state index in [9.17, 15) is 4.79 Å². The van der Waals surface area contributed by atoms with Gasteiger partial charge >= 0.3 is 0 Å². The van der Waals surface area contributed by atoms with Crippen LogP contribution in [0.4, 0.5) is 0 Å². The van der Waals surface area contributed by atoms with Gasteiger partial charge in [-0.15, -0.1) is 0 Å². The molecule has 0 aliphatic carbocycles. The Kier molecular flexibility index (Phi) is 5.38. The van der Waals surface area contributed by atoms with Gasteiger partial charge < -0.3 is 14.4 Å². The van der Waals surface area contributed by atoms with Crippen molar-refractivity contribution in [3.63, 3.8) is 0 Å². The Hall–Kier alpha value is -2.47. The van der Waals surface area contributed by atoms with E-state index in [0.29, 0.717) is 31.9 Å². The molecule has 1 aliphatic rings. The van der Waals surface area contributed by atoms with Crippen molar-refractivity contribution >= 4 is 5.91 Å². The van der Waals surface area contributed by atoms with Crippen molar-refractivity contribution in [2.45, 2.75) is 6.42 Å². The largest absolute Gasteiger partial charge is 0.497 e. The van der Waals surface area contributed by atoms with E-state index in [1.165, 1.54) is 0 Å². The molecule has 3 rings (SSSR count). The van der Waals surface area contributed by atoms with Crippen LogP contribution in [0.25, 0.3) is 0 Å². The first-order valence-corrected chi connectivity index (χ1v) is 8.02. The lowest BCUT2D eigenvalue weighted by Crippen LogP contribution is -2.36. The Labute approximate surface area is 141 Å². The van der Waals surface area contributed by atoms with Gasteiger partial charge in [0.1, 0.15) is 5.75 Å². The molecule has 2 aromatic rings. The summed E-state index contributed by atoms with van der Waals surface area (Å²) >= 11 is 0. The van der Waals surface area contributed by atoms with Crippen LogP contribution >= 0.6 is 0 Å². The molecule has 6 heteroatoms. The van der Waals surface area contributed by atoms with E-state index in [1.807, 2.05) is 4.90 Å². The van der Waals surface area contributed by atoms with Gasteiger partial charge in [-0.3, -0.25) is 14.8 Å². The normalized spacial score (nSPS) is 18.0. The first-order chi connectivity index (χ1) is 11.8. The number of benzene rings is 1. The highest BCUT2D eigenvalue weighted by molar-refractivity contribution is 5.94. The Bertz CT molecular complexity index is 661.